The fraction of sp³-hybridized carbons (Fsp3) is 0.467. The fourth-order valence-electron chi connectivity index (χ4n) is 1.93. The van der Waals surface area contributed by atoms with E-state index in [1.54, 1.807) is 18.2 Å². The van der Waals surface area contributed by atoms with Crippen LogP contribution in [0.25, 0.3) is 0 Å². The Morgan fingerprint density at radius 3 is 2.17 bits per heavy atom. The van der Waals surface area contributed by atoms with E-state index in [9.17, 15) is 18.4 Å². The molecule has 0 aliphatic heterocycles. The summed E-state index contributed by atoms with van der Waals surface area (Å²) in [6, 6.07) is 3.50. The Kier molecular flexibility index (Phi) is 7.24. The normalized spacial score (nSPS) is 11.9. The second-order valence-corrected chi connectivity index (χ2v) is 4.81. The van der Waals surface area contributed by atoms with Crippen molar-refractivity contribution in [2.75, 3.05) is 14.2 Å². The Bertz CT molecular complexity index is 528. The van der Waals surface area contributed by atoms with Gasteiger partial charge in [-0.15, -0.1) is 0 Å². The molecule has 2 N–H and O–H groups in total. The maximum atomic E-state index is 12.3. The van der Waals surface area contributed by atoms with Gasteiger partial charge in [-0.3, -0.25) is 4.79 Å². The van der Waals surface area contributed by atoms with E-state index >= 15 is 0 Å². The highest BCUT2D eigenvalue weighted by atomic mass is 19.3. The van der Waals surface area contributed by atoms with Gasteiger partial charge in [-0.1, -0.05) is 0 Å². The van der Waals surface area contributed by atoms with Crippen molar-refractivity contribution in [3.05, 3.63) is 23.8 Å². The zero-order chi connectivity index (χ0) is 17.4. The Morgan fingerprint density at radius 1 is 1.17 bits per heavy atom. The van der Waals surface area contributed by atoms with Crippen LogP contribution in [-0.2, 0) is 16.0 Å². The topological polar surface area (TPSA) is 84.9 Å². The molecule has 0 aliphatic carbocycles. The molecule has 0 spiro atoms. The number of alkyl halides is 2. The fourth-order valence-corrected chi connectivity index (χ4v) is 1.93. The van der Waals surface area contributed by atoms with E-state index in [1.165, 1.54) is 14.2 Å². The molecular formula is C15H19F2NO5. The number of hydrogen-bond acceptors (Lipinski definition) is 4. The largest absolute Gasteiger partial charge is 0.497 e. The molecule has 1 aromatic rings. The van der Waals surface area contributed by atoms with Crippen molar-refractivity contribution < 1.29 is 33.0 Å². The highest BCUT2D eigenvalue weighted by molar-refractivity contribution is 5.83. The summed E-state index contributed by atoms with van der Waals surface area (Å²) in [7, 11) is 2.99. The number of aryl methyl sites for hydroxylation is 1. The summed E-state index contributed by atoms with van der Waals surface area (Å²) < 4.78 is 34.7. The van der Waals surface area contributed by atoms with E-state index in [4.69, 9.17) is 14.6 Å². The van der Waals surface area contributed by atoms with Crippen LogP contribution < -0.4 is 14.8 Å². The van der Waals surface area contributed by atoms with Crippen molar-refractivity contribution in [1.82, 2.24) is 5.32 Å². The van der Waals surface area contributed by atoms with Crippen LogP contribution in [0.4, 0.5) is 8.78 Å². The number of rotatable bonds is 9. The van der Waals surface area contributed by atoms with Crippen LogP contribution >= 0.6 is 0 Å². The van der Waals surface area contributed by atoms with Crippen molar-refractivity contribution in [2.24, 2.45) is 0 Å². The molecule has 1 aromatic carbocycles. The lowest BCUT2D eigenvalue weighted by Gasteiger charge is -2.14. The molecule has 0 saturated carbocycles. The second kappa shape index (κ2) is 8.92. The molecule has 0 saturated heterocycles. The van der Waals surface area contributed by atoms with Gasteiger partial charge in [0.05, 0.1) is 14.2 Å². The standard InChI is InChI=1S/C15H19F2NO5/c1-22-10-5-9(6-11(7-10)23-2)3-4-14(19)18-12(15(20)21)8-13(16)17/h5-7,12-13H,3-4,8H2,1-2H3,(H,18,19)(H,20,21). The summed E-state index contributed by atoms with van der Waals surface area (Å²) in [5, 5.41) is 10.9. The molecule has 0 fully saturated rings. The van der Waals surface area contributed by atoms with Gasteiger partial charge in [-0.25, -0.2) is 13.6 Å². The average molecular weight is 331 g/mol. The number of halogens is 2. The molecule has 0 aliphatic rings. The number of carbonyl (C=O) groups excluding carboxylic acids is 1. The van der Waals surface area contributed by atoms with Crippen LogP contribution in [0.2, 0.25) is 0 Å². The smallest absolute Gasteiger partial charge is 0.326 e. The van der Waals surface area contributed by atoms with E-state index in [1.807, 2.05) is 0 Å². The summed E-state index contributed by atoms with van der Waals surface area (Å²) in [5.74, 6) is -0.983. The number of amides is 1. The third-order valence-corrected chi connectivity index (χ3v) is 3.10. The van der Waals surface area contributed by atoms with Gasteiger partial charge < -0.3 is 19.9 Å². The number of nitrogens with one attached hydrogen (secondary N) is 1. The molecule has 0 radical (unpaired) electrons. The number of carboxylic acid groups (broad SMARTS) is 1. The Balaban J connectivity index is 2.63. The molecule has 1 rings (SSSR count). The molecule has 1 unspecified atom stereocenters. The first kappa shape index (κ1) is 18.7. The minimum atomic E-state index is -2.81. The van der Waals surface area contributed by atoms with Crippen molar-refractivity contribution in [2.45, 2.75) is 31.7 Å². The first-order valence-electron chi connectivity index (χ1n) is 6.88. The highest BCUT2D eigenvalue weighted by Crippen LogP contribution is 2.23. The molecule has 128 valence electrons. The van der Waals surface area contributed by atoms with Gasteiger partial charge in [-0.2, -0.15) is 0 Å². The van der Waals surface area contributed by atoms with E-state index in [-0.39, 0.29) is 6.42 Å². The summed E-state index contributed by atoms with van der Waals surface area (Å²) in [4.78, 5) is 22.6. The monoisotopic (exact) mass is 331 g/mol. The van der Waals surface area contributed by atoms with Crippen LogP contribution in [0.1, 0.15) is 18.4 Å². The lowest BCUT2D eigenvalue weighted by Crippen LogP contribution is -2.42. The summed E-state index contributed by atoms with van der Waals surface area (Å²) >= 11 is 0. The van der Waals surface area contributed by atoms with E-state index < -0.39 is 30.8 Å². The van der Waals surface area contributed by atoms with Crippen molar-refractivity contribution >= 4 is 11.9 Å². The van der Waals surface area contributed by atoms with E-state index in [0.29, 0.717) is 17.9 Å². The first-order chi connectivity index (χ1) is 10.8. The van der Waals surface area contributed by atoms with Crippen LogP contribution in [0.15, 0.2) is 18.2 Å². The molecule has 1 atom stereocenters. The molecule has 0 bridgehead atoms. The predicted molar refractivity (Wildman–Crippen MR) is 78.1 cm³/mol. The van der Waals surface area contributed by atoms with Gasteiger partial charge >= 0.3 is 5.97 Å². The van der Waals surface area contributed by atoms with E-state index in [2.05, 4.69) is 5.32 Å². The summed E-state index contributed by atoms with van der Waals surface area (Å²) in [5.41, 5.74) is 0.747. The van der Waals surface area contributed by atoms with Gasteiger partial charge in [0.15, 0.2) is 0 Å². The van der Waals surface area contributed by atoms with Crippen molar-refractivity contribution in [1.29, 1.82) is 0 Å². The number of benzene rings is 1. The van der Waals surface area contributed by atoms with Gasteiger partial charge in [0, 0.05) is 18.9 Å². The number of hydrogen-bond donors (Lipinski definition) is 2. The number of carbonyl (C=O) groups is 2. The lowest BCUT2D eigenvalue weighted by atomic mass is 10.1. The first-order valence-corrected chi connectivity index (χ1v) is 6.88. The van der Waals surface area contributed by atoms with Gasteiger partial charge in [-0.05, 0) is 24.1 Å². The molecule has 0 aromatic heterocycles. The number of carboxylic acids is 1. The molecule has 0 heterocycles. The Hall–Kier alpha value is -2.38. The Morgan fingerprint density at radius 2 is 1.74 bits per heavy atom. The van der Waals surface area contributed by atoms with Crippen LogP contribution in [0.3, 0.4) is 0 Å². The molecule has 8 heteroatoms. The third-order valence-electron chi connectivity index (χ3n) is 3.10. The van der Waals surface area contributed by atoms with Gasteiger partial charge in [0.1, 0.15) is 17.5 Å². The summed E-state index contributed by atoms with van der Waals surface area (Å²) in [6.07, 6.45) is -3.48. The van der Waals surface area contributed by atoms with Crippen molar-refractivity contribution in [3.63, 3.8) is 0 Å². The summed E-state index contributed by atoms with van der Waals surface area (Å²) in [6.45, 7) is 0. The quantitative estimate of drug-likeness (QED) is 0.721. The average Bonchev–Trinajstić information content (AvgIpc) is 2.51. The zero-order valence-electron chi connectivity index (χ0n) is 12.8. The van der Waals surface area contributed by atoms with Crippen LogP contribution in [-0.4, -0.2) is 43.7 Å². The number of aliphatic carboxylic acids is 1. The molecule has 6 nitrogen and oxygen atoms in total. The van der Waals surface area contributed by atoms with Crippen LogP contribution in [0, 0.1) is 0 Å². The molecule has 1 amide bonds. The predicted octanol–water partition coefficient (Wildman–Crippen LogP) is 1.86. The second-order valence-electron chi connectivity index (χ2n) is 4.81. The van der Waals surface area contributed by atoms with Crippen molar-refractivity contribution in [3.8, 4) is 11.5 Å². The minimum absolute atomic E-state index is 0.0384. The number of methoxy groups -OCH3 is 2. The minimum Gasteiger partial charge on any atom is -0.497 e. The van der Waals surface area contributed by atoms with E-state index in [0.717, 1.165) is 5.56 Å². The molecule has 23 heavy (non-hydrogen) atoms. The highest BCUT2D eigenvalue weighted by Gasteiger charge is 2.23. The third kappa shape index (κ3) is 6.50. The van der Waals surface area contributed by atoms with Crippen LogP contribution in [0.5, 0.6) is 11.5 Å². The van der Waals surface area contributed by atoms with Gasteiger partial charge in [0.25, 0.3) is 0 Å². The number of ether oxygens (including phenoxy) is 2. The molecular weight excluding hydrogens is 312 g/mol. The lowest BCUT2D eigenvalue weighted by molar-refractivity contribution is -0.143. The maximum absolute atomic E-state index is 12.3. The SMILES string of the molecule is COc1cc(CCC(=O)NC(CC(F)F)C(=O)O)cc(OC)c1. The zero-order valence-corrected chi connectivity index (χ0v) is 12.8. The van der Waals surface area contributed by atoms with Gasteiger partial charge in [0.2, 0.25) is 12.3 Å². The Labute approximate surface area is 132 Å². The maximum Gasteiger partial charge on any atom is 0.326 e.